The Balaban J connectivity index is 1.61. The van der Waals surface area contributed by atoms with Crippen molar-refractivity contribution in [1.82, 2.24) is 9.80 Å². The molecule has 2 aromatic rings. The molecule has 3 rings (SSSR count). The second-order valence-electron chi connectivity index (χ2n) is 7.08. The first-order valence-electron chi connectivity index (χ1n) is 9.39. The van der Waals surface area contributed by atoms with Crippen LogP contribution < -0.4 is 0 Å². The molecule has 3 amide bonds. The first-order chi connectivity index (χ1) is 14.3. The van der Waals surface area contributed by atoms with Crippen molar-refractivity contribution in [2.24, 2.45) is 0 Å². The second kappa shape index (κ2) is 8.73. The summed E-state index contributed by atoms with van der Waals surface area (Å²) >= 11 is 0. The van der Waals surface area contributed by atoms with Gasteiger partial charge in [-0.15, -0.1) is 6.58 Å². The molecule has 0 N–H and O–H groups in total. The average molecular weight is 406 g/mol. The highest BCUT2D eigenvalue weighted by molar-refractivity contribution is 6.22. The van der Waals surface area contributed by atoms with Crippen LogP contribution in [0.25, 0.3) is 0 Å². The smallest absolute Gasteiger partial charge is 0.338 e. The van der Waals surface area contributed by atoms with E-state index in [0.29, 0.717) is 6.54 Å². The molecule has 0 aromatic heterocycles. The third-order valence-corrected chi connectivity index (χ3v) is 4.81. The van der Waals surface area contributed by atoms with E-state index < -0.39 is 24.4 Å². The van der Waals surface area contributed by atoms with Crippen LogP contribution in [0.3, 0.4) is 0 Å². The third kappa shape index (κ3) is 4.30. The van der Waals surface area contributed by atoms with Gasteiger partial charge in [-0.3, -0.25) is 19.3 Å². The SMILES string of the molecule is C=CCN1C(=O)c2ccc(C(=O)OCC(=O)N(C)Cc3ccc(C)cc3)cc2C1=O. The minimum Gasteiger partial charge on any atom is -0.452 e. The number of carbonyl (C=O) groups excluding carboxylic acids is 4. The van der Waals surface area contributed by atoms with Gasteiger partial charge in [-0.05, 0) is 30.7 Å². The number of carbonyl (C=O) groups is 4. The predicted octanol–water partition coefficient (Wildman–Crippen LogP) is 2.59. The number of imide groups is 1. The number of fused-ring (bicyclic) bond motifs is 1. The van der Waals surface area contributed by atoms with Crippen LogP contribution in [0.1, 0.15) is 42.2 Å². The van der Waals surface area contributed by atoms with Crippen molar-refractivity contribution in [2.75, 3.05) is 20.2 Å². The van der Waals surface area contributed by atoms with Gasteiger partial charge in [0.1, 0.15) is 0 Å². The van der Waals surface area contributed by atoms with E-state index in [4.69, 9.17) is 4.74 Å². The van der Waals surface area contributed by atoms with E-state index in [1.807, 2.05) is 31.2 Å². The Labute approximate surface area is 174 Å². The summed E-state index contributed by atoms with van der Waals surface area (Å²) in [5, 5.41) is 0. The Kier molecular flexibility index (Phi) is 6.11. The van der Waals surface area contributed by atoms with E-state index in [1.54, 1.807) is 7.05 Å². The summed E-state index contributed by atoms with van der Waals surface area (Å²) in [6.07, 6.45) is 1.45. The van der Waals surface area contributed by atoms with Gasteiger partial charge >= 0.3 is 5.97 Å². The number of aryl methyl sites for hydroxylation is 1. The molecular formula is C23H22N2O5. The van der Waals surface area contributed by atoms with Gasteiger partial charge in [0.15, 0.2) is 6.61 Å². The first-order valence-corrected chi connectivity index (χ1v) is 9.39. The molecule has 0 fully saturated rings. The second-order valence-corrected chi connectivity index (χ2v) is 7.08. The fourth-order valence-electron chi connectivity index (χ4n) is 3.09. The van der Waals surface area contributed by atoms with Crippen LogP contribution in [0, 0.1) is 6.92 Å². The van der Waals surface area contributed by atoms with Crippen molar-refractivity contribution in [2.45, 2.75) is 13.5 Å². The predicted molar refractivity (Wildman–Crippen MR) is 110 cm³/mol. The molecular weight excluding hydrogens is 384 g/mol. The molecule has 0 bridgehead atoms. The molecule has 0 aliphatic carbocycles. The molecule has 0 spiro atoms. The van der Waals surface area contributed by atoms with Crippen molar-refractivity contribution < 1.29 is 23.9 Å². The number of hydrogen-bond acceptors (Lipinski definition) is 5. The summed E-state index contributed by atoms with van der Waals surface area (Å²) in [4.78, 5) is 51.7. The monoisotopic (exact) mass is 406 g/mol. The van der Waals surface area contributed by atoms with Crippen LogP contribution in [0.4, 0.5) is 0 Å². The fourth-order valence-corrected chi connectivity index (χ4v) is 3.09. The van der Waals surface area contributed by atoms with Crippen molar-refractivity contribution in [3.8, 4) is 0 Å². The quantitative estimate of drug-likeness (QED) is 0.401. The van der Waals surface area contributed by atoms with E-state index in [0.717, 1.165) is 16.0 Å². The molecule has 7 heteroatoms. The third-order valence-electron chi connectivity index (χ3n) is 4.81. The summed E-state index contributed by atoms with van der Waals surface area (Å²) in [6.45, 7) is 5.58. The molecule has 0 saturated carbocycles. The van der Waals surface area contributed by atoms with Crippen LogP contribution in [-0.4, -0.2) is 53.7 Å². The van der Waals surface area contributed by atoms with E-state index >= 15 is 0 Å². The van der Waals surface area contributed by atoms with E-state index in [1.165, 1.54) is 29.2 Å². The molecule has 0 saturated heterocycles. The number of ether oxygens (including phenoxy) is 1. The number of hydrogen-bond donors (Lipinski definition) is 0. The number of benzene rings is 2. The lowest BCUT2D eigenvalue weighted by atomic mass is 10.1. The van der Waals surface area contributed by atoms with Crippen LogP contribution in [0.15, 0.2) is 55.1 Å². The van der Waals surface area contributed by atoms with Crippen molar-refractivity contribution in [3.05, 3.63) is 82.9 Å². The molecule has 0 unspecified atom stereocenters. The lowest BCUT2D eigenvalue weighted by Gasteiger charge is -2.17. The summed E-state index contributed by atoms with van der Waals surface area (Å²) in [7, 11) is 1.63. The lowest BCUT2D eigenvalue weighted by molar-refractivity contribution is -0.133. The molecule has 30 heavy (non-hydrogen) atoms. The molecule has 1 aliphatic heterocycles. The van der Waals surface area contributed by atoms with Gasteiger partial charge in [0.05, 0.1) is 16.7 Å². The van der Waals surface area contributed by atoms with E-state index in [9.17, 15) is 19.2 Å². The number of rotatable bonds is 7. The molecule has 0 atom stereocenters. The number of likely N-dealkylation sites (N-methyl/N-ethyl adjacent to an activating group) is 1. The zero-order chi connectivity index (χ0) is 21.8. The maximum atomic E-state index is 12.4. The molecule has 0 radical (unpaired) electrons. The van der Waals surface area contributed by atoms with Gasteiger partial charge < -0.3 is 9.64 Å². The summed E-state index contributed by atoms with van der Waals surface area (Å²) in [5.74, 6) is -2.01. The normalized spacial score (nSPS) is 12.5. The molecule has 154 valence electrons. The standard InChI is InChI=1S/C23H22N2O5/c1-4-11-25-21(27)18-10-9-17(12-19(18)22(25)28)23(29)30-14-20(26)24(3)13-16-7-5-15(2)6-8-16/h4-10,12H,1,11,13-14H2,2-3H3. The highest BCUT2D eigenvalue weighted by Crippen LogP contribution is 2.24. The fraction of sp³-hybridized carbons (Fsp3) is 0.217. The Hall–Kier alpha value is -3.74. The Bertz CT molecular complexity index is 1030. The first kappa shape index (κ1) is 21.0. The van der Waals surface area contributed by atoms with Gasteiger partial charge in [-0.25, -0.2) is 4.79 Å². The van der Waals surface area contributed by atoms with Gasteiger partial charge in [0.2, 0.25) is 0 Å². The number of esters is 1. The van der Waals surface area contributed by atoms with E-state index in [2.05, 4.69) is 6.58 Å². The Morgan fingerprint density at radius 1 is 1.07 bits per heavy atom. The van der Waals surface area contributed by atoms with Crippen LogP contribution >= 0.6 is 0 Å². The summed E-state index contributed by atoms with van der Waals surface area (Å²) < 4.78 is 5.11. The highest BCUT2D eigenvalue weighted by atomic mass is 16.5. The average Bonchev–Trinajstić information content (AvgIpc) is 2.98. The molecule has 1 aliphatic rings. The summed E-state index contributed by atoms with van der Waals surface area (Å²) in [6, 6.07) is 11.9. The largest absolute Gasteiger partial charge is 0.452 e. The van der Waals surface area contributed by atoms with Crippen LogP contribution in [0.5, 0.6) is 0 Å². The number of amides is 3. The van der Waals surface area contributed by atoms with E-state index in [-0.39, 0.29) is 29.1 Å². The Morgan fingerprint density at radius 2 is 1.73 bits per heavy atom. The van der Waals surface area contributed by atoms with Crippen molar-refractivity contribution in [3.63, 3.8) is 0 Å². The molecule has 2 aromatic carbocycles. The molecule has 7 nitrogen and oxygen atoms in total. The minimum absolute atomic E-state index is 0.0912. The maximum Gasteiger partial charge on any atom is 0.338 e. The van der Waals surface area contributed by atoms with Crippen molar-refractivity contribution >= 4 is 23.7 Å². The minimum atomic E-state index is -0.739. The van der Waals surface area contributed by atoms with Gasteiger partial charge in [0, 0.05) is 20.1 Å². The van der Waals surface area contributed by atoms with Gasteiger partial charge in [-0.1, -0.05) is 35.9 Å². The lowest BCUT2D eigenvalue weighted by Crippen LogP contribution is -2.30. The zero-order valence-corrected chi connectivity index (χ0v) is 16.9. The zero-order valence-electron chi connectivity index (χ0n) is 16.9. The molecule has 1 heterocycles. The highest BCUT2D eigenvalue weighted by Gasteiger charge is 2.35. The van der Waals surface area contributed by atoms with Gasteiger partial charge in [-0.2, -0.15) is 0 Å². The van der Waals surface area contributed by atoms with Crippen LogP contribution in [0.2, 0.25) is 0 Å². The van der Waals surface area contributed by atoms with Crippen molar-refractivity contribution in [1.29, 1.82) is 0 Å². The summed E-state index contributed by atoms with van der Waals surface area (Å²) in [5.41, 5.74) is 2.56. The van der Waals surface area contributed by atoms with Gasteiger partial charge in [0.25, 0.3) is 17.7 Å². The maximum absolute atomic E-state index is 12.4. The topological polar surface area (TPSA) is 84.0 Å². The van der Waals surface area contributed by atoms with Crippen LogP contribution in [-0.2, 0) is 16.1 Å². The number of nitrogens with zero attached hydrogens (tertiary/aromatic N) is 2. The Morgan fingerprint density at radius 3 is 2.40 bits per heavy atom.